The number of para-hydroxylation sites is 1. The number of aromatic amines is 1. The lowest BCUT2D eigenvalue weighted by Crippen LogP contribution is -2.33. The van der Waals surface area contributed by atoms with E-state index in [1.165, 1.54) is 12.1 Å². The SMILES string of the molecule is CCc1cc(OCC(C)(C)CN(C)C)c(F)c(C(Nc2ccc(-c3noc(C)n3)cc2)c2nn(-c3ccccc3C(=O)O)c(=O)[nH]2)c1. The third-order valence-corrected chi connectivity index (χ3v) is 7.46. The van der Waals surface area contributed by atoms with Crippen molar-refractivity contribution in [2.45, 2.75) is 40.2 Å². The average molecular weight is 644 g/mol. The normalized spacial score (nSPS) is 12.3. The summed E-state index contributed by atoms with van der Waals surface area (Å²) in [5.41, 5.74) is 1.30. The molecule has 13 heteroatoms. The number of hydrogen-bond donors (Lipinski definition) is 3. The average Bonchev–Trinajstić information content (AvgIpc) is 3.64. The van der Waals surface area contributed by atoms with Crippen LogP contribution in [-0.4, -0.2) is 68.1 Å². The summed E-state index contributed by atoms with van der Waals surface area (Å²) in [7, 11) is 3.94. The Bertz CT molecular complexity index is 1930. The Morgan fingerprint density at radius 2 is 1.89 bits per heavy atom. The summed E-state index contributed by atoms with van der Waals surface area (Å²) in [6.07, 6.45) is 0.590. The van der Waals surface area contributed by atoms with E-state index >= 15 is 4.39 Å². The van der Waals surface area contributed by atoms with Crippen LogP contribution in [0.25, 0.3) is 17.1 Å². The predicted molar refractivity (Wildman–Crippen MR) is 175 cm³/mol. The van der Waals surface area contributed by atoms with Gasteiger partial charge in [0.05, 0.1) is 17.9 Å². The molecule has 0 saturated carbocycles. The van der Waals surface area contributed by atoms with Gasteiger partial charge in [0.1, 0.15) is 6.04 Å². The van der Waals surface area contributed by atoms with Gasteiger partial charge >= 0.3 is 11.7 Å². The van der Waals surface area contributed by atoms with Gasteiger partial charge in [-0.15, -0.1) is 5.10 Å². The quantitative estimate of drug-likeness (QED) is 0.150. The molecule has 0 fully saturated rings. The maximum absolute atomic E-state index is 16.5. The topological polar surface area (TPSA) is 151 Å². The van der Waals surface area contributed by atoms with Crippen molar-refractivity contribution in [1.29, 1.82) is 0 Å². The number of benzene rings is 3. The van der Waals surface area contributed by atoms with Gasteiger partial charge in [-0.25, -0.2) is 14.0 Å². The van der Waals surface area contributed by atoms with E-state index in [9.17, 15) is 14.7 Å². The van der Waals surface area contributed by atoms with Crippen LogP contribution in [0.4, 0.5) is 10.1 Å². The van der Waals surface area contributed by atoms with Gasteiger partial charge in [-0.05, 0) is 68.5 Å². The Kier molecular flexibility index (Phi) is 9.56. The Labute approximate surface area is 271 Å². The maximum atomic E-state index is 16.5. The Morgan fingerprint density at radius 3 is 2.53 bits per heavy atom. The summed E-state index contributed by atoms with van der Waals surface area (Å²) in [4.78, 5) is 34.2. The number of aromatic carboxylic acids is 1. The zero-order valence-corrected chi connectivity index (χ0v) is 27.2. The second kappa shape index (κ2) is 13.6. The number of ether oxygens (including phenoxy) is 1. The highest BCUT2D eigenvalue weighted by Crippen LogP contribution is 2.34. The van der Waals surface area contributed by atoms with Gasteiger partial charge in [-0.1, -0.05) is 44.1 Å². The van der Waals surface area contributed by atoms with Crippen molar-refractivity contribution >= 4 is 11.7 Å². The number of anilines is 1. The number of H-pyrrole nitrogens is 1. The van der Waals surface area contributed by atoms with Crippen molar-refractivity contribution in [2.24, 2.45) is 5.41 Å². The summed E-state index contributed by atoms with van der Waals surface area (Å²) in [6.45, 7) is 8.75. The molecule has 47 heavy (non-hydrogen) atoms. The molecular formula is C34H38FN7O5. The monoisotopic (exact) mass is 643 g/mol. The molecule has 5 aromatic rings. The third kappa shape index (κ3) is 7.58. The Hall–Kier alpha value is -5.30. The first-order valence-corrected chi connectivity index (χ1v) is 15.1. The van der Waals surface area contributed by atoms with Crippen molar-refractivity contribution < 1.29 is 23.6 Å². The minimum Gasteiger partial charge on any atom is -0.490 e. The molecule has 0 aliphatic rings. The number of aromatic nitrogens is 5. The smallest absolute Gasteiger partial charge is 0.348 e. The molecule has 0 saturated heterocycles. The number of carboxylic acid groups (broad SMARTS) is 1. The molecular weight excluding hydrogens is 605 g/mol. The van der Waals surface area contributed by atoms with E-state index in [4.69, 9.17) is 9.26 Å². The van der Waals surface area contributed by atoms with Gasteiger partial charge in [0.25, 0.3) is 0 Å². The summed E-state index contributed by atoms with van der Waals surface area (Å²) in [6, 6.07) is 15.5. The van der Waals surface area contributed by atoms with Crippen molar-refractivity contribution in [3.63, 3.8) is 0 Å². The number of aryl methyl sites for hydroxylation is 2. The van der Waals surface area contributed by atoms with Crippen LogP contribution in [0, 0.1) is 18.2 Å². The molecule has 0 bridgehead atoms. The summed E-state index contributed by atoms with van der Waals surface area (Å²) in [5.74, 6) is -0.824. The van der Waals surface area contributed by atoms with Gasteiger partial charge < -0.3 is 24.6 Å². The maximum Gasteiger partial charge on any atom is 0.348 e. The van der Waals surface area contributed by atoms with Crippen LogP contribution < -0.4 is 15.7 Å². The van der Waals surface area contributed by atoms with E-state index in [0.29, 0.717) is 29.4 Å². The molecule has 2 heterocycles. The largest absolute Gasteiger partial charge is 0.490 e. The number of nitrogens with one attached hydrogen (secondary N) is 2. The number of carbonyl (C=O) groups is 1. The first-order valence-electron chi connectivity index (χ1n) is 15.1. The number of rotatable bonds is 13. The molecule has 0 amide bonds. The van der Waals surface area contributed by atoms with Crippen molar-refractivity contribution in [2.75, 3.05) is 32.6 Å². The first-order chi connectivity index (χ1) is 22.3. The van der Waals surface area contributed by atoms with E-state index in [0.717, 1.165) is 16.8 Å². The first kappa shape index (κ1) is 33.1. The minimum absolute atomic E-state index is 0.0686. The molecule has 0 aliphatic carbocycles. The standard InChI is InChI=1S/C34H38FN7O5/c1-7-21-16-25(28(35)27(17-21)46-19-34(3,4)18-41(5)6)29(37-23-14-12-22(13-15-23)30-36-20(2)47-40-30)31-38-33(45)42(39-31)26-11-9-8-10-24(26)32(43)44/h8-17,29,37H,7,18-19H2,1-6H3,(H,43,44)(H,38,39,45). The molecule has 246 valence electrons. The van der Waals surface area contributed by atoms with Crippen LogP contribution in [0.3, 0.4) is 0 Å². The van der Waals surface area contributed by atoms with E-state index in [1.54, 1.807) is 55.5 Å². The molecule has 0 spiro atoms. The van der Waals surface area contributed by atoms with Gasteiger partial charge in [0, 0.05) is 35.7 Å². The lowest BCUT2D eigenvalue weighted by atomic mass is 9.94. The second-order valence-corrected chi connectivity index (χ2v) is 12.4. The molecule has 5 rings (SSSR count). The van der Waals surface area contributed by atoms with Crippen LogP contribution in [0.5, 0.6) is 5.75 Å². The molecule has 2 aromatic heterocycles. The Morgan fingerprint density at radius 1 is 1.17 bits per heavy atom. The minimum atomic E-state index is -1.22. The van der Waals surface area contributed by atoms with Crippen LogP contribution in [-0.2, 0) is 6.42 Å². The Balaban J connectivity index is 1.60. The van der Waals surface area contributed by atoms with Crippen molar-refractivity contribution in [1.82, 2.24) is 29.8 Å². The lowest BCUT2D eigenvalue weighted by Gasteiger charge is -2.28. The summed E-state index contributed by atoms with van der Waals surface area (Å²) >= 11 is 0. The van der Waals surface area contributed by atoms with Crippen molar-refractivity contribution in [3.8, 4) is 22.8 Å². The zero-order chi connectivity index (χ0) is 33.9. The fourth-order valence-electron chi connectivity index (χ4n) is 5.44. The van der Waals surface area contributed by atoms with E-state index in [1.807, 2.05) is 39.8 Å². The molecule has 3 aromatic carbocycles. The number of nitrogens with zero attached hydrogens (tertiary/aromatic N) is 5. The zero-order valence-electron chi connectivity index (χ0n) is 27.2. The lowest BCUT2D eigenvalue weighted by molar-refractivity contribution is 0.0696. The molecule has 1 unspecified atom stereocenters. The second-order valence-electron chi connectivity index (χ2n) is 12.4. The van der Waals surface area contributed by atoms with Crippen LogP contribution in [0.1, 0.15) is 60.0 Å². The fraction of sp³-hybridized carbons (Fsp3) is 0.324. The number of hydrogen-bond acceptors (Lipinski definition) is 9. The van der Waals surface area contributed by atoms with E-state index < -0.39 is 23.5 Å². The molecule has 1 atom stereocenters. The summed E-state index contributed by atoms with van der Waals surface area (Å²) < 4.78 is 28.7. The summed E-state index contributed by atoms with van der Waals surface area (Å²) in [5, 5.41) is 21.5. The predicted octanol–water partition coefficient (Wildman–Crippen LogP) is 5.49. The molecule has 0 aliphatic heterocycles. The molecule has 0 radical (unpaired) electrons. The molecule has 3 N–H and O–H groups in total. The molecule has 12 nitrogen and oxygen atoms in total. The van der Waals surface area contributed by atoms with E-state index in [2.05, 4.69) is 25.5 Å². The van der Waals surface area contributed by atoms with Gasteiger partial charge in [0.15, 0.2) is 17.4 Å². The highest BCUT2D eigenvalue weighted by molar-refractivity contribution is 5.91. The van der Waals surface area contributed by atoms with E-state index in [-0.39, 0.29) is 40.4 Å². The highest BCUT2D eigenvalue weighted by atomic mass is 19.1. The van der Waals surface area contributed by atoms with Gasteiger partial charge in [-0.3, -0.25) is 4.98 Å². The number of halogens is 1. The fourth-order valence-corrected chi connectivity index (χ4v) is 5.44. The van der Waals surface area contributed by atoms with Crippen molar-refractivity contribution in [3.05, 3.63) is 105 Å². The number of carboxylic acids is 1. The highest BCUT2D eigenvalue weighted by Gasteiger charge is 2.28. The van der Waals surface area contributed by atoms with Gasteiger partial charge in [0.2, 0.25) is 11.7 Å². The van der Waals surface area contributed by atoms with Crippen LogP contribution in [0.15, 0.2) is 70.0 Å². The van der Waals surface area contributed by atoms with Crippen LogP contribution in [0.2, 0.25) is 0 Å². The van der Waals surface area contributed by atoms with Gasteiger partial charge in [-0.2, -0.15) is 9.67 Å². The van der Waals surface area contributed by atoms with Crippen LogP contribution >= 0.6 is 0 Å². The third-order valence-electron chi connectivity index (χ3n) is 7.46.